The quantitative estimate of drug-likeness (QED) is 0.674. The van der Waals surface area contributed by atoms with Crippen LogP contribution in [0.2, 0.25) is 0 Å². The molecular formula is C15H20N4O2S. The Morgan fingerprint density at radius 2 is 2.14 bits per heavy atom. The molecule has 1 heterocycles. The lowest BCUT2D eigenvalue weighted by atomic mass is 9.96. The molecule has 7 heteroatoms. The van der Waals surface area contributed by atoms with E-state index in [0.29, 0.717) is 0 Å². The van der Waals surface area contributed by atoms with Crippen molar-refractivity contribution in [3.63, 3.8) is 0 Å². The number of benzene rings is 1. The summed E-state index contributed by atoms with van der Waals surface area (Å²) in [5.41, 5.74) is 1.12. The lowest BCUT2D eigenvalue weighted by Gasteiger charge is -2.36. The molecule has 0 bridgehead atoms. The van der Waals surface area contributed by atoms with E-state index in [9.17, 15) is 10.1 Å². The van der Waals surface area contributed by atoms with Crippen molar-refractivity contribution in [3.05, 3.63) is 28.3 Å². The molecule has 1 aliphatic rings. The lowest BCUT2D eigenvalue weighted by molar-refractivity contribution is -0.384. The normalized spacial score (nSPS) is 17.2. The van der Waals surface area contributed by atoms with Crippen LogP contribution < -0.4 is 5.32 Å². The Morgan fingerprint density at radius 1 is 1.41 bits per heavy atom. The van der Waals surface area contributed by atoms with E-state index in [2.05, 4.69) is 29.3 Å². The van der Waals surface area contributed by atoms with Gasteiger partial charge in [0.05, 0.1) is 15.1 Å². The number of fused-ring (bicyclic) bond motifs is 1. The van der Waals surface area contributed by atoms with Gasteiger partial charge in [-0.2, -0.15) is 0 Å². The molecule has 0 saturated heterocycles. The minimum absolute atomic E-state index is 0.114. The minimum Gasteiger partial charge on any atom is -0.360 e. The highest BCUT2D eigenvalue weighted by Crippen LogP contribution is 2.35. The summed E-state index contributed by atoms with van der Waals surface area (Å²) in [5.74, 6) is 0. The van der Waals surface area contributed by atoms with Gasteiger partial charge in [-0.3, -0.25) is 10.1 Å². The van der Waals surface area contributed by atoms with Gasteiger partial charge in [0.25, 0.3) is 5.69 Å². The highest BCUT2D eigenvalue weighted by atomic mass is 32.1. The molecule has 0 spiro atoms. The molecule has 118 valence electrons. The number of nitro groups is 1. The van der Waals surface area contributed by atoms with Gasteiger partial charge in [0.2, 0.25) is 0 Å². The fraction of sp³-hybridized carbons (Fsp3) is 0.533. The molecule has 6 nitrogen and oxygen atoms in total. The molecule has 0 radical (unpaired) electrons. The lowest BCUT2D eigenvalue weighted by Crippen LogP contribution is -2.47. The first-order chi connectivity index (χ1) is 10.5. The van der Waals surface area contributed by atoms with E-state index < -0.39 is 0 Å². The molecule has 0 amide bonds. The van der Waals surface area contributed by atoms with Crippen molar-refractivity contribution in [3.8, 4) is 0 Å². The summed E-state index contributed by atoms with van der Waals surface area (Å²) in [4.78, 5) is 17.3. The predicted octanol–water partition coefficient (Wildman–Crippen LogP) is 3.49. The van der Waals surface area contributed by atoms with E-state index in [1.54, 1.807) is 12.1 Å². The Hall–Kier alpha value is -1.73. The second-order valence-electron chi connectivity index (χ2n) is 6.11. The second-order valence-corrected chi connectivity index (χ2v) is 7.14. The second kappa shape index (κ2) is 5.81. The van der Waals surface area contributed by atoms with Crippen LogP contribution in [0.5, 0.6) is 0 Å². The van der Waals surface area contributed by atoms with Crippen molar-refractivity contribution >= 4 is 32.4 Å². The van der Waals surface area contributed by atoms with Crippen LogP contribution in [0.4, 0.5) is 10.8 Å². The molecule has 1 aromatic heterocycles. The SMILES string of the molecule is CN(C)C1(CNc2nc3ccc([N+](=O)[O-])cc3s2)CCCC1. The summed E-state index contributed by atoms with van der Waals surface area (Å²) in [5, 5.41) is 15.1. The Bertz CT molecular complexity index is 692. The number of aromatic nitrogens is 1. The number of nitrogens with one attached hydrogen (secondary N) is 1. The molecular weight excluding hydrogens is 300 g/mol. The van der Waals surface area contributed by atoms with Crippen molar-refractivity contribution in [2.45, 2.75) is 31.2 Å². The monoisotopic (exact) mass is 320 g/mol. The van der Waals surface area contributed by atoms with Crippen molar-refractivity contribution < 1.29 is 4.92 Å². The summed E-state index contributed by atoms with van der Waals surface area (Å²) in [6.07, 6.45) is 4.94. The van der Waals surface area contributed by atoms with Gasteiger partial charge >= 0.3 is 0 Å². The molecule has 3 rings (SSSR count). The van der Waals surface area contributed by atoms with Gasteiger partial charge in [-0.15, -0.1) is 0 Å². The van der Waals surface area contributed by atoms with Crippen LogP contribution in [0.3, 0.4) is 0 Å². The number of hydrogen-bond acceptors (Lipinski definition) is 6. The number of nitrogens with zero attached hydrogens (tertiary/aromatic N) is 3. The first-order valence-corrected chi connectivity index (χ1v) is 8.28. The fourth-order valence-electron chi connectivity index (χ4n) is 3.16. The first-order valence-electron chi connectivity index (χ1n) is 7.46. The van der Waals surface area contributed by atoms with Crippen LogP contribution in [0.15, 0.2) is 18.2 Å². The molecule has 1 saturated carbocycles. The third-order valence-electron chi connectivity index (χ3n) is 4.63. The largest absolute Gasteiger partial charge is 0.360 e. The first kappa shape index (κ1) is 15.2. The number of rotatable bonds is 5. The maximum atomic E-state index is 10.8. The molecule has 1 fully saturated rings. The number of hydrogen-bond donors (Lipinski definition) is 1. The molecule has 0 aliphatic heterocycles. The molecule has 1 aliphatic carbocycles. The summed E-state index contributed by atoms with van der Waals surface area (Å²) in [6.45, 7) is 0.863. The number of non-ortho nitro benzene ring substituents is 1. The van der Waals surface area contributed by atoms with Crippen LogP contribution in [-0.4, -0.2) is 41.0 Å². The predicted molar refractivity (Wildman–Crippen MR) is 89.7 cm³/mol. The van der Waals surface area contributed by atoms with E-state index in [0.717, 1.165) is 21.9 Å². The summed E-state index contributed by atoms with van der Waals surface area (Å²) in [6, 6.07) is 4.81. The maximum Gasteiger partial charge on any atom is 0.270 e. The molecule has 1 N–H and O–H groups in total. The number of anilines is 1. The summed E-state index contributed by atoms with van der Waals surface area (Å²) in [7, 11) is 4.27. The average Bonchev–Trinajstić information content (AvgIpc) is 3.11. The number of thiazole rings is 1. The summed E-state index contributed by atoms with van der Waals surface area (Å²) >= 11 is 1.48. The zero-order valence-corrected chi connectivity index (χ0v) is 13.7. The number of likely N-dealkylation sites (N-methyl/N-ethyl adjacent to an activating group) is 1. The van der Waals surface area contributed by atoms with Crippen LogP contribution in [0.1, 0.15) is 25.7 Å². The van der Waals surface area contributed by atoms with E-state index >= 15 is 0 Å². The Labute approximate surface area is 133 Å². The van der Waals surface area contributed by atoms with E-state index in [1.807, 2.05) is 0 Å². The standard InChI is InChI=1S/C15H20N4O2S/c1-18(2)15(7-3-4-8-15)10-16-14-17-12-6-5-11(19(20)21)9-13(12)22-14/h5-6,9H,3-4,7-8,10H2,1-2H3,(H,16,17). The Balaban J connectivity index is 1.78. The van der Waals surface area contributed by atoms with E-state index in [1.165, 1.54) is 43.1 Å². The molecule has 2 aromatic rings. The van der Waals surface area contributed by atoms with Gasteiger partial charge in [-0.05, 0) is 33.0 Å². The topological polar surface area (TPSA) is 71.3 Å². The van der Waals surface area contributed by atoms with E-state index in [4.69, 9.17) is 0 Å². The van der Waals surface area contributed by atoms with Crippen LogP contribution in [0.25, 0.3) is 10.2 Å². The highest BCUT2D eigenvalue weighted by molar-refractivity contribution is 7.22. The van der Waals surface area contributed by atoms with Gasteiger partial charge in [-0.25, -0.2) is 4.98 Å². The van der Waals surface area contributed by atoms with Crippen LogP contribution in [-0.2, 0) is 0 Å². The minimum atomic E-state index is -0.369. The summed E-state index contributed by atoms with van der Waals surface area (Å²) < 4.78 is 0.849. The van der Waals surface area contributed by atoms with Crippen molar-refractivity contribution in [1.82, 2.24) is 9.88 Å². The van der Waals surface area contributed by atoms with Gasteiger partial charge < -0.3 is 10.2 Å². The molecule has 22 heavy (non-hydrogen) atoms. The van der Waals surface area contributed by atoms with Crippen molar-refractivity contribution in [2.24, 2.45) is 0 Å². The molecule has 1 aromatic carbocycles. The molecule has 0 atom stereocenters. The third kappa shape index (κ3) is 2.78. The Kier molecular flexibility index (Phi) is 4.01. The zero-order chi connectivity index (χ0) is 15.7. The zero-order valence-electron chi connectivity index (χ0n) is 12.8. The van der Waals surface area contributed by atoms with Crippen molar-refractivity contribution in [2.75, 3.05) is 26.0 Å². The van der Waals surface area contributed by atoms with Crippen LogP contribution in [0, 0.1) is 10.1 Å². The highest BCUT2D eigenvalue weighted by Gasteiger charge is 2.35. The third-order valence-corrected chi connectivity index (χ3v) is 5.61. The van der Waals surface area contributed by atoms with Crippen molar-refractivity contribution in [1.29, 1.82) is 0 Å². The van der Waals surface area contributed by atoms with Gasteiger partial charge in [0.15, 0.2) is 5.13 Å². The number of nitro benzene ring substituents is 1. The van der Waals surface area contributed by atoms with Gasteiger partial charge in [0.1, 0.15) is 0 Å². The smallest absolute Gasteiger partial charge is 0.270 e. The van der Waals surface area contributed by atoms with E-state index in [-0.39, 0.29) is 16.1 Å². The average molecular weight is 320 g/mol. The van der Waals surface area contributed by atoms with Crippen LogP contribution >= 0.6 is 11.3 Å². The fourth-order valence-corrected chi connectivity index (χ4v) is 4.05. The Morgan fingerprint density at radius 3 is 2.77 bits per heavy atom. The van der Waals surface area contributed by atoms with Gasteiger partial charge in [0, 0.05) is 24.2 Å². The maximum absolute atomic E-state index is 10.8. The molecule has 0 unspecified atom stereocenters. The van der Waals surface area contributed by atoms with Gasteiger partial charge in [-0.1, -0.05) is 24.2 Å².